The lowest BCUT2D eigenvalue weighted by molar-refractivity contribution is 0.192. The summed E-state index contributed by atoms with van der Waals surface area (Å²) in [6, 6.07) is 0. The summed E-state index contributed by atoms with van der Waals surface area (Å²) in [6.07, 6.45) is 21.9. The van der Waals surface area contributed by atoms with E-state index in [0.29, 0.717) is 5.54 Å². The van der Waals surface area contributed by atoms with E-state index in [1.165, 1.54) is 101 Å². The summed E-state index contributed by atoms with van der Waals surface area (Å²) in [7, 11) is 0. The molecule has 0 amide bonds. The largest absolute Gasteiger partial charge is 0.311 e. The first-order chi connectivity index (χ1) is 14.4. The van der Waals surface area contributed by atoms with Gasteiger partial charge in [-0.15, -0.1) is 0 Å². The molecule has 0 aromatic carbocycles. The van der Waals surface area contributed by atoms with Gasteiger partial charge in [-0.2, -0.15) is 0 Å². The Morgan fingerprint density at radius 3 is 2.30 bits per heavy atom. The first-order valence-electron chi connectivity index (χ1n) is 12.8. The fraction of sp³-hybridized carbons (Fsp3) is 0.786. The van der Waals surface area contributed by atoms with Crippen molar-refractivity contribution in [2.45, 2.75) is 111 Å². The van der Waals surface area contributed by atoms with E-state index in [1.54, 1.807) is 5.57 Å². The van der Waals surface area contributed by atoms with Crippen LogP contribution < -0.4 is 5.32 Å². The van der Waals surface area contributed by atoms with Crippen LogP contribution >= 0.6 is 0 Å². The Bertz CT molecular complexity index is 569. The van der Waals surface area contributed by atoms with Crippen molar-refractivity contribution >= 4 is 0 Å². The summed E-state index contributed by atoms with van der Waals surface area (Å²) in [4.78, 5) is 2.74. The third kappa shape index (κ3) is 9.10. The standard InChI is InChI=1S/C28H50N2/c1-24(2)11-6-12-25(3)13-7-14-26(4)15-8-16-27(5)17-20-29-23-28-18-9-21-30(28)22-10-19-28/h11,15,17,25,29H,6-10,12-14,16,18-23H2,1-5H3/b26-15+,27-17+. The molecule has 1 atom stereocenters. The fourth-order valence-electron chi connectivity index (χ4n) is 5.35. The summed E-state index contributed by atoms with van der Waals surface area (Å²) < 4.78 is 0. The lowest BCUT2D eigenvalue weighted by atomic mass is 9.94. The molecule has 172 valence electrons. The molecule has 2 heterocycles. The Labute approximate surface area is 188 Å². The van der Waals surface area contributed by atoms with E-state index in [0.717, 1.165) is 12.5 Å². The summed E-state index contributed by atoms with van der Waals surface area (Å²) in [5.41, 5.74) is 5.07. The zero-order chi connectivity index (χ0) is 21.8. The van der Waals surface area contributed by atoms with Gasteiger partial charge in [0.25, 0.3) is 0 Å². The molecule has 2 heteroatoms. The van der Waals surface area contributed by atoms with Gasteiger partial charge in [0.2, 0.25) is 0 Å². The molecule has 0 saturated carbocycles. The second kappa shape index (κ2) is 13.5. The molecule has 0 spiro atoms. The van der Waals surface area contributed by atoms with Gasteiger partial charge in [-0.1, -0.05) is 48.3 Å². The molecule has 0 radical (unpaired) electrons. The lowest BCUT2D eigenvalue weighted by Gasteiger charge is -2.32. The van der Waals surface area contributed by atoms with Crippen molar-refractivity contribution in [2.75, 3.05) is 26.2 Å². The highest BCUT2D eigenvalue weighted by atomic mass is 15.3. The molecule has 30 heavy (non-hydrogen) atoms. The van der Waals surface area contributed by atoms with E-state index < -0.39 is 0 Å². The van der Waals surface area contributed by atoms with E-state index in [4.69, 9.17) is 0 Å². The van der Waals surface area contributed by atoms with Crippen LogP contribution in [-0.2, 0) is 0 Å². The average molecular weight is 415 g/mol. The minimum absolute atomic E-state index is 0.505. The minimum Gasteiger partial charge on any atom is -0.311 e. The van der Waals surface area contributed by atoms with Crippen molar-refractivity contribution in [1.29, 1.82) is 0 Å². The zero-order valence-corrected chi connectivity index (χ0v) is 20.9. The van der Waals surface area contributed by atoms with Gasteiger partial charge < -0.3 is 5.32 Å². The van der Waals surface area contributed by atoms with E-state index >= 15 is 0 Å². The Morgan fingerprint density at radius 1 is 0.900 bits per heavy atom. The lowest BCUT2D eigenvalue weighted by Crippen LogP contribution is -2.46. The highest BCUT2D eigenvalue weighted by molar-refractivity contribution is 5.06. The smallest absolute Gasteiger partial charge is 0.0335 e. The summed E-state index contributed by atoms with van der Waals surface area (Å²) in [6.45, 7) is 16.3. The molecule has 2 fully saturated rings. The van der Waals surface area contributed by atoms with Gasteiger partial charge >= 0.3 is 0 Å². The average Bonchev–Trinajstić information content (AvgIpc) is 3.25. The van der Waals surface area contributed by atoms with Crippen molar-refractivity contribution in [3.05, 3.63) is 34.9 Å². The van der Waals surface area contributed by atoms with Crippen molar-refractivity contribution in [3.8, 4) is 0 Å². The molecule has 2 saturated heterocycles. The third-order valence-corrected chi connectivity index (χ3v) is 7.37. The maximum Gasteiger partial charge on any atom is 0.0335 e. The molecule has 2 aliphatic heterocycles. The number of hydrogen-bond acceptors (Lipinski definition) is 2. The molecular weight excluding hydrogens is 364 g/mol. The molecule has 2 aliphatic rings. The van der Waals surface area contributed by atoms with Gasteiger partial charge in [0.1, 0.15) is 0 Å². The van der Waals surface area contributed by atoms with Crippen LogP contribution in [-0.4, -0.2) is 36.6 Å². The third-order valence-electron chi connectivity index (χ3n) is 7.37. The van der Waals surface area contributed by atoms with Crippen molar-refractivity contribution in [1.82, 2.24) is 10.2 Å². The second-order valence-corrected chi connectivity index (χ2v) is 10.5. The Balaban J connectivity index is 1.53. The van der Waals surface area contributed by atoms with Crippen LogP contribution in [0.25, 0.3) is 0 Å². The molecular formula is C28H50N2. The van der Waals surface area contributed by atoms with Crippen LogP contribution in [0.2, 0.25) is 0 Å². The van der Waals surface area contributed by atoms with Gasteiger partial charge in [-0.25, -0.2) is 0 Å². The number of hydrogen-bond donors (Lipinski definition) is 1. The van der Waals surface area contributed by atoms with Crippen LogP contribution in [0.4, 0.5) is 0 Å². The topological polar surface area (TPSA) is 15.3 Å². The maximum absolute atomic E-state index is 3.74. The van der Waals surface area contributed by atoms with Crippen molar-refractivity contribution in [2.24, 2.45) is 5.92 Å². The zero-order valence-electron chi connectivity index (χ0n) is 20.9. The predicted octanol–water partition coefficient (Wildman–Crippen LogP) is 7.43. The molecule has 0 aromatic rings. The van der Waals surface area contributed by atoms with E-state index in [-0.39, 0.29) is 0 Å². The molecule has 1 N–H and O–H groups in total. The van der Waals surface area contributed by atoms with E-state index in [9.17, 15) is 0 Å². The molecule has 1 unspecified atom stereocenters. The Kier molecular flexibility index (Phi) is 11.5. The highest BCUT2D eigenvalue weighted by Gasteiger charge is 2.43. The molecule has 0 aliphatic carbocycles. The number of nitrogens with zero attached hydrogens (tertiary/aromatic N) is 1. The predicted molar refractivity (Wildman–Crippen MR) is 134 cm³/mol. The highest BCUT2D eigenvalue weighted by Crippen LogP contribution is 2.38. The Morgan fingerprint density at radius 2 is 1.60 bits per heavy atom. The SMILES string of the molecule is CC(C)=CCCC(C)CCC/C(C)=C/CC/C(C)=C/CNCC12CCCN1CCC2. The van der Waals surface area contributed by atoms with Gasteiger partial charge in [0, 0.05) is 18.6 Å². The molecule has 0 bridgehead atoms. The summed E-state index contributed by atoms with van der Waals surface area (Å²) >= 11 is 0. The van der Waals surface area contributed by atoms with Gasteiger partial charge in [0.15, 0.2) is 0 Å². The first kappa shape index (κ1) is 25.4. The van der Waals surface area contributed by atoms with Crippen LogP contribution in [0.3, 0.4) is 0 Å². The van der Waals surface area contributed by atoms with Crippen LogP contribution in [0.15, 0.2) is 34.9 Å². The van der Waals surface area contributed by atoms with Gasteiger partial charge in [0.05, 0.1) is 0 Å². The van der Waals surface area contributed by atoms with Gasteiger partial charge in [-0.3, -0.25) is 4.90 Å². The summed E-state index contributed by atoms with van der Waals surface area (Å²) in [5.74, 6) is 0.853. The van der Waals surface area contributed by atoms with Crippen LogP contribution in [0, 0.1) is 5.92 Å². The Hall–Kier alpha value is -0.860. The number of rotatable bonds is 14. The van der Waals surface area contributed by atoms with E-state index in [1.807, 2.05) is 0 Å². The van der Waals surface area contributed by atoms with Gasteiger partial charge in [-0.05, 0) is 111 Å². The van der Waals surface area contributed by atoms with Crippen LogP contribution in [0.5, 0.6) is 0 Å². The molecule has 0 aromatic heterocycles. The first-order valence-corrected chi connectivity index (χ1v) is 12.8. The number of fused-ring (bicyclic) bond motifs is 1. The number of allylic oxidation sites excluding steroid dienone is 5. The number of nitrogens with one attached hydrogen (secondary N) is 1. The monoisotopic (exact) mass is 414 g/mol. The van der Waals surface area contributed by atoms with Crippen molar-refractivity contribution < 1.29 is 0 Å². The van der Waals surface area contributed by atoms with E-state index in [2.05, 4.69) is 63.1 Å². The fourth-order valence-corrected chi connectivity index (χ4v) is 5.35. The quantitative estimate of drug-likeness (QED) is 0.235. The molecule has 2 nitrogen and oxygen atoms in total. The van der Waals surface area contributed by atoms with Crippen LogP contribution in [0.1, 0.15) is 105 Å². The second-order valence-electron chi connectivity index (χ2n) is 10.5. The normalized spacial score (nSPS) is 20.4. The minimum atomic E-state index is 0.505. The summed E-state index contributed by atoms with van der Waals surface area (Å²) in [5, 5.41) is 3.74. The maximum atomic E-state index is 3.74. The van der Waals surface area contributed by atoms with Crippen molar-refractivity contribution in [3.63, 3.8) is 0 Å². The molecule has 2 rings (SSSR count).